The second-order valence-electron chi connectivity index (χ2n) is 9.00. The van der Waals surface area contributed by atoms with Crippen LogP contribution in [0, 0.1) is 6.92 Å². The summed E-state index contributed by atoms with van der Waals surface area (Å²) in [5.41, 5.74) is 0.370. The first-order chi connectivity index (χ1) is 17.7. The Bertz CT molecular complexity index is 1350. The number of hydrogen-bond donors (Lipinski definition) is 1. The number of rotatable bonds is 8. The van der Waals surface area contributed by atoms with Crippen LogP contribution >= 0.6 is 11.3 Å². The third-order valence-corrected chi connectivity index (χ3v) is 7.06. The first kappa shape index (κ1) is 25.6. The summed E-state index contributed by atoms with van der Waals surface area (Å²) < 4.78 is 51.0. The fraction of sp³-hybridized carbons (Fsp3) is 0.400. The molecule has 1 saturated heterocycles. The van der Waals surface area contributed by atoms with Crippen LogP contribution in [-0.4, -0.2) is 75.5 Å². The summed E-state index contributed by atoms with van der Waals surface area (Å²) in [7, 11) is 0. The Morgan fingerprint density at radius 2 is 1.86 bits per heavy atom. The Morgan fingerprint density at radius 3 is 2.65 bits per heavy atom. The minimum atomic E-state index is -4.44. The van der Waals surface area contributed by atoms with Gasteiger partial charge in [-0.1, -0.05) is 11.2 Å². The maximum Gasteiger partial charge on any atom is 0.416 e. The molecule has 1 fully saturated rings. The molecule has 12 heteroatoms. The molecule has 0 amide bonds. The van der Waals surface area contributed by atoms with Crippen molar-refractivity contribution >= 4 is 21.6 Å². The lowest BCUT2D eigenvalue weighted by atomic mass is 10.1. The number of thiazole rings is 1. The maximum atomic E-state index is 13.0. The fourth-order valence-electron chi connectivity index (χ4n) is 4.25. The van der Waals surface area contributed by atoms with Crippen LogP contribution in [0.1, 0.15) is 16.4 Å². The number of nitrogens with zero attached hydrogens (tertiary/aromatic N) is 5. The fourth-order valence-corrected chi connectivity index (χ4v) is 5.06. The van der Waals surface area contributed by atoms with Crippen LogP contribution in [0.3, 0.4) is 0 Å². The van der Waals surface area contributed by atoms with Gasteiger partial charge in [-0.15, -0.1) is 11.3 Å². The normalized spacial score (nSPS) is 16.4. The number of aryl methyl sites for hydroxylation is 1. The molecule has 0 spiro atoms. The number of benzene rings is 2. The first-order valence-electron chi connectivity index (χ1n) is 11.9. The van der Waals surface area contributed by atoms with Crippen LogP contribution in [0.15, 0.2) is 47.0 Å². The second kappa shape index (κ2) is 10.7. The number of alkyl halides is 3. The van der Waals surface area contributed by atoms with Crippen LogP contribution in [0.5, 0.6) is 5.75 Å². The van der Waals surface area contributed by atoms with E-state index in [0.717, 1.165) is 53.5 Å². The van der Waals surface area contributed by atoms with E-state index in [1.165, 1.54) is 12.1 Å². The van der Waals surface area contributed by atoms with Crippen LogP contribution in [0.25, 0.3) is 21.7 Å². The van der Waals surface area contributed by atoms with Crippen molar-refractivity contribution in [3.63, 3.8) is 0 Å². The van der Waals surface area contributed by atoms with Crippen molar-refractivity contribution in [1.29, 1.82) is 0 Å². The van der Waals surface area contributed by atoms with Gasteiger partial charge in [-0.05, 0) is 37.3 Å². The molecule has 5 rings (SSSR count). The number of aromatic nitrogens is 3. The number of aliphatic hydroxyl groups excluding tert-OH is 1. The van der Waals surface area contributed by atoms with Gasteiger partial charge in [-0.25, -0.2) is 4.98 Å². The average molecular weight is 534 g/mol. The van der Waals surface area contributed by atoms with Gasteiger partial charge in [0, 0.05) is 44.4 Å². The lowest BCUT2D eigenvalue weighted by Gasteiger charge is -2.34. The van der Waals surface area contributed by atoms with Gasteiger partial charge in [0.1, 0.15) is 18.5 Å². The Labute approximate surface area is 215 Å². The minimum absolute atomic E-state index is 0.0620. The molecule has 1 atom stereocenters. The zero-order valence-electron chi connectivity index (χ0n) is 20.1. The van der Waals surface area contributed by atoms with Gasteiger partial charge in [0.05, 0.1) is 27.3 Å². The molecule has 196 valence electrons. The number of halogens is 3. The summed E-state index contributed by atoms with van der Waals surface area (Å²) >= 11 is 1.63. The third-order valence-electron chi connectivity index (χ3n) is 6.11. The van der Waals surface area contributed by atoms with Crippen LogP contribution in [0.4, 0.5) is 13.2 Å². The van der Waals surface area contributed by atoms with Crippen molar-refractivity contribution in [1.82, 2.24) is 24.9 Å². The molecule has 0 unspecified atom stereocenters. The molecule has 1 aliphatic rings. The van der Waals surface area contributed by atoms with E-state index in [9.17, 15) is 18.3 Å². The highest BCUT2D eigenvalue weighted by Crippen LogP contribution is 2.32. The quantitative estimate of drug-likeness (QED) is 0.360. The molecule has 2 aromatic carbocycles. The van der Waals surface area contributed by atoms with E-state index in [4.69, 9.17) is 9.26 Å². The molecular weight excluding hydrogens is 507 g/mol. The third kappa shape index (κ3) is 6.45. The Hall–Kier alpha value is -3.06. The van der Waals surface area contributed by atoms with Gasteiger partial charge in [-0.3, -0.25) is 9.80 Å². The van der Waals surface area contributed by atoms with Crippen LogP contribution in [-0.2, 0) is 12.7 Å². The predicted molar refractivity (Wildman–Crippen MR) is 132 cm³/mol. The molecule has 2 aromatic heterocycles. The maximum absolute atomic E-state index is 13.0. The number of β-amino-alcohol motifs (C(OH)–C–C–N with tert-alkyl or cyclic N) is 1. The highest BCUT2D eigenvalue weighted by atomic mass is 32.1. The number of hydrogen-bond acceptors (Lipinski definition) is 9. The van der Waals surface area contributed by atoms with E-state index < -0.39 is 17.8 Å². The zero-order valence-corrected chi connectivity index (χ0v) is 20.9. The summed E-state index contributed by atoms with van der Waals surface area (Å²) in [6.07, 6.45) is -5.07. The summed E-state index contributed by atoms with van der Waals surface area (Å²) in [6.45, 7) is 6.06. The summed E-state index contributed by atoms with van der Waals surface area (Å²) in [4.78, 5) is 13.1. The highest BCUT2D eigenvalue weighted by Gasteiger charge is 2.31. The van der Waals surface area contributed by atoms with Gasteiger partial charge < -0.3 is 14.4 Å². The first-order valence-corrected chi connectivity index (χ1v) is 12.7. The molecule has 3 heterocycles. The molecule has 4 aromatic rings. The number of aliphatic hydroxyl groups is 1. The largest absolute Gasteiger partial charge is 0.491 e. The SMILES string of the molecule is Cc1nc2cc(OC[C@H](O)CN3CCN(Cc4noc(-c5cccc(C(F)(F)F)c5)n4)CC3)ccc2s1. The van der Waals surface area contributed by atoms with E-state index in [0.29, 0.717) is 24.7 Å². The summed E-state index contributed by atoms with van der Waals surface area (Å²) in [5, 5.41) is 15.4. The Balaban J connectivity index is 1.07. The lowest BCUT2D eigenvalue weighted by Crippen LogP contribution is -2.48. The van der Waals surface area contributed by atoms with E-state index in [1.54, 1.807) is 11.3 Å². The average Bonchev–Trinajstić information content (AvgIpc) is 3.49. The molecule has 0 bridgehead atoms. The van der Waals surface area contributed by atoms with E-state index in [-0.39, 0.29) is 18.1 Å². The molecule has 1 N–H and O–H groups in total. The molecule has 1 aliphatic heterocycles. The monoisotopic (exact) mass is 533 g/mol. The van der Waals surface area contributed by atoms with Gasteiger partial charge in [0.2, 0.25) is 0 Å². The molecule has 0 aliphatic carbocycles. The van der Waals surface area contributed by atoms with Crippen molar-refractivity contribution in [3.8, 4) is 17.2 Å². The molecular formula is C25H26F3N5O3S. The van der Waals surface area contributed by atoms with Crippen molar-refractivity contribution < 1.29 is 27.5 Å². The van der Waals surface area contributed by atoms with Crippen LogP contribution in [0.2, 0.25) is 0 Å². The summed E-state index contributed by atoms with van der Waals surface area (Å²) in [6, 6.07) is 10.6. The second-order valence-corrected chi connectivity index (χ2v) is 10.2. The van der Waals surface area contributed by atoms with Crippen LogP contribution < -0.4 is 4.74 Å². The molecule has 0 saturated carbocycles. The van der Waals surface area contributed by atoms with Gasteiger partial charge in [0.15, 0.2) is 5.82 Å². The predicted octanol–water partition coefficient (Wildman–Crippen LogP) is 4.23. The topological polar surface area (TPSA) is 87.8 Å². The van der Waals surface area contributed by atoms with Gasteiger partial charge in [-0.2, -0.15) is 18.2 Å². The lowest BCUT2D eigenvalue weighted by molar-refractivity contribution is -0.137. The highest BCUT2D eigenvalue weighted by molar-refractivity contribution is 7.18. The molecule has 8 nitrogen and oxygen atoms in total. The Kier molecular flexibility index (Phi) is 7.43. The van der Waals surface area contributed by atoms with Crippen molar-refractivity contribution in [3.05, 3.63) is 58.9 Å². The van der Waals surface area contributed by atoms with E-state index >= 15 is 0 Å². The minimum Gasteiger partial charge on any atom is -0.491 e. The van der Waals surface area contributed by atoms with Gasteiger partial charge in [0.25, 0.3) is 5.89 Å². The molecule has 37 heavy (non-hydrogen) atoms. The van der Waals surface area contributed by atoms with E-state index in [2.05, 4.69) is 24.9 Å². The standard InChI is InChI=1S/C25H26F3N5O3S/c1-16-29-21-12-20(5-6-22(21)37-16)35-15-19(34)13-32-7-9-33(10-8-32)14-23-30-24(36-31-23)17-3-2-4-18(11-17)25(26,27)28/h2-6,11-12,19,34H,7-10,13-15H2,1H3/t19-/m1/s1. The number of ether oxygens (including phenoxy) is 1. The molecule has 0 radical (unpaired) electrons. The van der Waals surface area contributed by atoms with Crippen molar-refractivity contribution in [2.24, 2.45) is 0 Å². The number of fused-ring (bicyclic) bond motifs is 1. The van der Waals surface area contributed by atoms with Gasteiger partial charge >= 0.3 is 6.18 Å². The smallest absolute Gasteiger partial charge is 0.416 e. The Morgan fingerprint density at radius 1 is 1.08 bits per heavy atom. The zero-order chi connectivity index (χ0) is 26.0. The summed E-state index contributed by atoms with van der Waals surface area (Å²) in [5.74, 6) is 1.17. The van der Waals surface area contributed by atoms with E-state index in [1.807, 2.05) is 25.1 Å². The van der Waals surface area contributed by atoms with Crippen molar-refractivity contribution in [2.75, 3.05) is 39.3 Å². The van der Waals surface area contributed by atoms with Crippen molar-refractivity contribution in [2.45, 2.75) is 25.7 Å². The number of piperazine rings is 1.